The Labute approximate surface area is 271 Å². The minimum absolute atomic E-state index is 0.00350. The van der Waals surface area contributed by atoms with Crippen LogP contribution in [-0.4, -0.2) is 95.0 Å². The quantitative estimate of drug-likeness (QED) is 0.0569. The van der Waals surface area contributed by atoms with Crippen LogP contribution in [0, 0.1) is 0 Å². The van der Waals surface area contributed by atoms with E-state index in [2.05, 4.69) is 24.8 Å². The van der Waals surface area contributed by atoms with Crippen molar-refractivity contribution in [2.75, 3.05) is 36.2 Å². The molecule has 2 unspecified atom stereocenters. The van der Waals surface area contributed by atoms with E-state index >= 15 is 0 Å². The molecule has 0 amide bonds. The maximum atomic E-state index is 14.2. The van der Waals surface area contributed by atoms with Gasteiger partial charge in [-0.1, -0.05) is 42.1 Å². The van der Waals surface area contributed by atoms with Crippen LogP contribution in [0.15, 0.2) is 41.8 Å². The highest BCUT2D eigenvalue weighted by atomic mass is 32.2. The summed E-state index contributed by atoms with van der Waals surface area (Å²) in [6.07, 6.45) is -8.10. The number of imidazole rings is 1. The van der Waals surface area contributed by atoms with E-state index in [1.165, 1.54) is 22.7 Å². The Morgan fingerprint density at radius 3 is 2.38 bits per heavy atom. The number of nitrogens with one attached hydrogen (secondary N) is 1. The largest absolute Gasteiger partial charge is 0.443 e. The molecule has 260 valence electrons. The Kier molecular flexibility index (Phi) is 11.0. The number of hydrogen-bond acceptors (Lipinski definition) is 12. The van der Waals surface area contributed by atoms with Crippen LogP contribution in [-0.2, 0) is 27.9 Å². The second kappa shape index (κ2) is 14.1. The van der Waals surface area contributed by atoms with E-state index in [1.54, 1.807) is 30.3 Å². The van der Waals surface area contributed by atoms with Gasteiger partial charge in [0.25, 0.3) is 0 Å². The van der Waals surface area contributed by atoms with Crippen LogP contribution in [0.25, 0.3) is 11.2 Å². The summed E-state index contributed by atoms with van der Waals surface area (Å²) in [6, 6.07) is 8.54. The van der Waals surface area contributed by atoms with Gasteiger partial charge >= 0.3 is 26.8 Å². The van der Waals surface area contributed by atoms with Crippen molar-refractivity contribution < 1.29 is 64.5 Å². The van der Waals surface area contributed by atoms with Crippen LogP contribution in [0.4, 0.5) is 27.8 Å². The number of alkyl halides is 5. The van der Waals surface area contributed by atoms with Gasteiger partial charge in [-0.2, -0.15) is 33.7 Å². The zero-order chi connectivity index (χ0) is 34.2. The van der Waals surface area contributed by atoms with E-state index in [0.717, 1.165) is 11.8 Å². The lowest BCUT2D eigenvalue weighted by Gasteiger charge is -2.25. The Bertz CT molecular complexity index is 1650. The lowest BCUT2D eigenvalue weighted by molar-refractivity contribution is -0.152. The van der Waals surface area contributed by atoms with Gasteiger partial charge in [0.15, 0.2) is 34.7 Å². The monoisotopic (exact) mass is 751 g/mol. The van der Waals surface area contributed by atoms with Crippen molar-refractivity contribution in [2.24, 2.45) is 0 Å². The first-order valence-corrected chi connectivity index (χ1v) is 19.2. The number of thioether (sulfide) groups is 2. The van der Waals surface area contributed by atoms with Gasteiger partial charge < -0.3 is 38.7 Å². The Balaban J connectivity index is 1.48. The summed E-state index contributed by atoms with van der Waals surface area (Å²) in [5.74, 6) is 0.536. The number of hydrogen-bond donors (Lipinski definition) is 4. The summed E-state index contributed by atoms with van der Waals surface area (Å²) in [7, 11) is -12.7. The predicted molar refractivity (Wildman–Crippen MR) is 159 cm³/mol. The lowest BCUT2D eigenvalue weighted by atomic mass is 10.1. The molecule has 0 radical (unpaired) electrons. The van der Waals surface area contributed by atoms with Crippen molar-refractivity contribution in [3.8, 4) is 0 Å². The zero-order valence-electron chi connectivity index (χ0n) is 24.1. The summed E-state index contributed by atoms with van der Waals surface area (Å²) < 4.78 is 114. The normalized spacial score (nSPS) is 24.8. The molecule has 2 fully saturated rings. The average Bonchev–Trinajstić information content (AvgIpc) is 3.70. The first-order valence-electron chi connectivity index (χ1n) is 13.6. The fourth-order valence-electron chi connectivity index (χ4n) is 4.68. The highest BCUT2D eigenvalue weighted by Crippen LogP contribution is 2.73. The molecule has 47 heavy (non-hydrogen) atoms. The molecule has 6 atom stereocenters. The lowest BCUT2D eigenvalue weighted by Crippen LogP contribution is -2.32. The third-order valence-electron chi connectivity index (χ3n) is 6.91. The molecule has 3 aromatic rings. The molecule has 4 N–H and O–H groups in total. The summed E-state index contributed by atoms with van der Waals surface area (Å²) >= 11 is 2.30. The minimum atomic E-state index is -6.41. The second-order valence-electron chi connectivity index (χ2n) is 10.2. The van der Waals surface area contributed by atoms with E-state index in [-0.39, 0.29) is 27.9 Å². The van der Waals surface area contributed by atoms with Crippen LogP contribution >= 0.6 is 38.7 Å². The number of ether oxygens (including phenoxy) is 3. The Hall–Kier alpha value is -1.90. The fourth-order valence-corrected chi connectivity index (χ4v) is 7.80. The van der Waals surface area contributed by atoms with E-state index in [9.17, 15) is 36.0 Å². The van der Waals surface area contributed by atoms with Crippen molar-refractivity contribution >= 4 is 55.7 Å². The van der Waals surface area contributed by atoms with Crippen LogP contribution in [0.2, 0.25) is 0 Å². The Morgan fingerprint density at radius 1 is 1.02 bits per heavy atom. The topological polar surface area (TPSA) is 187 Å². The average molecular weight is 752 g/mol. The van der Waals surface area contributed by atoms with Crippen molar-refractivity contribution in [1.29, 1.82) is 0 Å². The number of nitrogens with zero attached hydrogens (tertiary/aromatic N) is 4. The molecule has 14 nitrogen and oxygen atoms in total. The number of halogens is 5. The summed E-state index contributed by atoms with van der Waals surface area (Å²) in [5, 5.41) is -2.32. The molecular formula is C24H28F5N5O9P2S2. The number of anilines is 1. The number of benzene rings is 1. The third-order valence-corrected chi connectivity index (χ3v) is 11.8. The molecule has 2 aromatic heterocycles. The standard InChI is InChI=1S/C24H28F5N5O9P2S2/c1-46-10-8-30-18-15-19(33-22(32-18)47-9-7-23(25,26)27)34(12-31-15)20-17-16(42-21(43-17)13-5-3-2-4-6-13)14(41-20)11-40-45(38,39)24(28,29)44(35,36)37/h2-6,12,14,16-17,20-21H,7-11H2,1H3,(H,38,39)(H,30,32,33)(H2,35,36,37)/t14-,16-,17-,20-,21?/m1/s1. The van der Waals surface area contributed by atoms with Crippen molar-refractivity contribution in [1.82, 2.24) is 19.5 Å². The van der Waals surface area contributed by atoms with Gasteiger partial charge in [0.05, 0.1) is 19.4 Å². The maximum Gasteiger partial charge on any atom is 0.443 e. The summed E-state index contributed by atoms with van der Waals surface area (Å²) in [6.45, 7) is -0.638. The highest BCUT2D eigenvalue weighted by molar-refractivity contribution is 7.99. The van der Waals surface area contributed by atoms with Crippen molar-refractivity contribution in [3.63, 3.8) is 0 Å². The number of rotatable bonds is 14. The molecule has 2 saturated heterocycles. The van der Waals surface area contributed by atoms with Crippen LogP contribution < -0.4 is 5.32 Å². The van der Waals surface area contributed by atoms with Gasteiger partial charge in [-0.25, -0.2) is 15.0 Å². The van der Waals surface area contributed by atoms with Crippen molar-refractivity contribution in [3.05, 3.63) is 42.2 Å². The van der Waals surface area contributed by atoms with Gasteiger partial charge in [0, 0.05) is 23.6 Å². The molecule has 1 aromatic carbocycles. The third kappa shape index (κ3) is 7.96. The first kappa shape index (κ1) is 36.4. The highest BCUT2D eigenvalue weighted by Gasteiger charge is 2.65. The second-order valence-corrected chi connectivity index (χ2v) is 16.1. The molecule has 5 rings (SSSR count). The first-order chi connectivity index (χ1) is 22.0. The molecule has 0 bridgehead atoms. The minimum Gasteiger partial charge on any atom is -0.367 e. The van der Waals surface area contributed by atoms with E-state index in [1.807, 2.05) is 6.26 Å². The van der Waals surface area contributed by atoms with E-state index < -0.39 is 70.6 Å². The SMILES string of the molecule is CSCCNc1nc(SCCC(F)(F)F)nc2c1ncn2[C@@H]1O[C@H](COP(=O)(O)C(F)(F)P(=O)(O)O)[C@H]2OC(c3ccccc3)O[C@H]21. The molecule has 2 aliphatic heterocycles. The van der Waals surface area contributed by atoms with Crippen LogP contribution in [0.3, 0.4) is 0 Å². The smallest absolute Gasteiger partial charge is 0.367 e. The van der Waals surface area contributed by atoms with Gasteiger partial charge in [-0.05, 0) is 6.26 Å². The van der Waals surface area contributed by atoms with Gasteiger partial charge in [0.1, 0.15) is 18.3 Å². The van der Waals surface area contributed by atoms with Crippen LogP contribution in [0.1, 0.15) is 24.5 Å². The van der Waals surface area contributed by atoms with Gasteiger partial charge in [-0.15, -0.1) is 0 Å². The predicted octanol–water partition coefficient (Wildman–Crippen LogP) is 4.96. The number of aromatic nitrogens is 4. The molecule has 0 spiro atoms. The fraction of sp³-hybridized carbons (Fsp3) is 0.542. The van der Waals surface area contributed by atoms with Gasteiger partial charge in [0.2, 0.25) is 0 Å². The molecule has 2 aliphatic rings. The maximum absolute atomic E-state index is 14.2. The summed E-state index contributed by atoms with van der Waals surface area (Å²) in [5.41, 5.74) is 0.896. The summed E-state index contributed by atoms with van der Waals surface area (Å²) in [4.78, 5) is 40.8. The molecule has 23 heteroatoms. The molecule has 0 aliphatic carbocycles. The van der Waals surface area contributed by atoms with Crippen LogP contribution in [0.5, 0.6) is 0 Å². The molecule has 4 heterocycles. The van der Waals surface area contributed by atoms with E-state index in [4.69, 9.17) is 24.0 Å². The van der Waals surface area contributed by atoms with E-state index in [0.29, 0.717) is 17.9 Å². The Morgan fingerprint density at radius 2 is 1.72 bits per heavy atom. The number of fused-ring (bicyclic) bond motifs is 2. The van der Waals surface area contributed by atoms with Gasteiger partial charge in [-0.3, -0.25) is 13.7 Å². The van der Waals surface area contributed by atoms with Crippen molar-refractivity contribution in [2.45, 2.75) is 54.0 Å². The molecule has 0 saturated carbocycles. The molecular weight excluding hydrogens is 723 g/mol. The zero-order valence-corrected chi connectivity index (χ0v) is 27.5.